The molecule has 3 nitrogen and oxygen atoms in total. The monoisotopic (exact) mass is 220 g/mol. The first-order valence-corrected chi connectivity index (χ1v) is 5.96. The maximum atomic E-state index is 5.25. The quantitative estimate of drug-likeness (QED) is 0.820. The number of anilines is 1. The second-order valence-electron chi connectivity index (χ2n) is 4.18. The largest absolute Gasteiger partial charge is 0.497 e. The van der Waals surface area contributed by atoms with Gasteiger partial charge in [0.2, 0.25) is 0 Å². The van der Waals surface area contributed by atoms with Crippen molar-refractivity contribution in [2.24, 2.45) is 0 Å². The van der Waals surface area contributed by atoms with Gasteiger partial charge in [-0.1, -0.05) is 6.07 Å². The lowest BCUT2D eigenvalue weighted by atomic mass is 10.1. The standard InChI is InChI=1S/C13H20N2O/c1-3-15(10-11-7-8-14-11)12-5-4-6-13(9-12)16-2/h4-6,9,11,14H,3,7-8,10H2,1-2H3. The van der Waals surface area contributed by atoms with Crippen molar-refractivity contribution in [2.45, 2.75) is 19.4 Å². The van der Waals surface area contributed by atoms with Gasteiger partial charge in [-0.2, -0.15) is 0 Å². The second-order valence-corrected chi connectivity index (χ2v) is 4.18. The predicted octanol–water partition coefficient (Wildman–Crippen LogP) is 1.88. The van der Waals surface area contributed by atoms with Gasteiger partial charge in [0, 0.05) is 30.9 Å². The average molecular weight is 220 g/mol. The van der Waals surface area contributed by atoms with Crippen molar-refractivity contribution in [3.8, 4) is 5.75 Å². The van der Waals surface area contributed by atoms with Crippen LogP contribution in [0.3, 0.4) is 0 Å². The number of hydrogen-bond donors (Lipinski definition) is 1. The lowest BCUT2D eigenvalue weighted by molar-refractivity contribution is 0.371. The fourth-order valence-electron chi connectivity index (χ4n) is 1.99. The van der Waals surface area contributed by atoms with E-state index in [2.05, 4.69) is 29.3 Å². The van der Waals surface area contributed by atoms with Crippen LogP contribution >= 0.6 is 0 Å². The topological polar surface area (TPSA) is 24.5 Å². The van der Waals surface area contributed by atoms with Crippen LogP contribution < -0.4 is 15.0 Å². The zero-order valence-corrected chi connectivity index (χ0v) is 10.1. The lowest BCUT2D eigenvalue weighted by Gasteiger charge is -2.34. The average Bonchev–Trinajstić information content (AvgIpc) is 2.28. The van der Waals surface area contributed by atoms with E-state index in [-0.39, 0.29) is 0 Å². The minimum Gasteiger partial charge on any atom is -0.497 e. The number of hydrogen-bond acceptors (Lipinski definition) is 3. The van der Waals surface area contributed by atoms with Gasteiger partial charge in [-0.25, -0.2) is 0 Å². The Morgan fingerprint density at radius 3 is 2.88 bits per heavy atom. The summed E-state index contributed by atoms with van der Waals surface area (Å²) in [5.74, 6) is 0.928. The summed E-state index contributed by atoms with van der Waals surface area (Å²) in [5.41, 5.74) is 1.25. The highest BCUT2D eigenvalue weighted by molar-refractivity contribution is 5.50. The fraction of sp³-hybridized carbons (Fsp3) is 0.538. The molecule has 1 atom stereocenters. The van der Waals surface area contributed by atoms with Crippen LogP contribution in [0.25, 0.3) is 0 Å². The van der Waals surface area contributed by atoms with Gasteiger partial charge in [0.05, 0.1) is 7.11 Å². The first-order valence-electron chi connectivity index (χ1n) is 5.96. The van der Waals surface area contributed by atoms with Crippen LogP contribution in [0, 0.1) is 0 Å². The molecule has 16 heavy (non-hydrogen) atoms. The number of methoxy groups -OCH3 is 1. The number of ether oxygens (including phenoxy) is 1. The molecule has 1 fully saturated rings. The van der Waals surface area contributed by atoms with Gasteiger partial charge in [0.25, 0.3) is 0 Å². The third-order valence-electron chi connectivity index (χ3n) is 3.17. The van der Waals surface area contributed by atoms with Crippen LogP contribution in [-0.2, 0) is 0 Å². The van der Waals surface area contributed by atoms with Crippen molar-refractivity contribution in [1.82, 2.24) is 5.32 Å². The molecule has 1 saturated heterocycles. The van der Waals surface area contributed by atoms with Crippen molar-refractivity contribution in [3.63, 3.8) is 0 Å². The highest BCUT2D eigenvalue weighted by atomic mass is 16.5. The van der Waals surface area contributed by atoms with E-state index in [0.717, 1.165) is 18.8 Å². The van der Waals surface area contributed by atoms with Gasteiger partial charge >= 0.3 is 0 Å². The summed E-state index contributed by atoms with van der Waals surface area (Å²) in [5, 5.41) is 3.44. The van der Waals surface area contributed by atoms with Crippen molar-refractivity contribution in [3.05, 3.63) is 24.3 Å². The van der Waals surface area contributed by atoms with Crippen LogP contribution in [0.1, 0.15) is 13.3 Å². The summed E-state index contributed by atoms with van der Waals surface area (Å²) >= 11 is 0. The fourth-order valence-corrected chi connectivity index (χ4v) is 1.99. The number of benzene rings is 1. The van der Waals surface area contributed by atoms with Crippen LogP contribution in [0.15, 0.2) is 24.3 Å². The first kappa shape index (κ1) is 11.3. The molecule has 0 bridgehead atoms. The predicted molar refractivity (Wildman–Crippen MR) is 67.3 cm³/mol. The maximum Gasteiger partial charge on any atom is 0.120 e. The molecule has 1 N–H and O–H groups in total. The SMILES string of the molecule is CCN(CC1CCN1)c1cccc(OC)c1. The van der Waals surface area contributed by atoms with Gasteiger partial charge in [0.15, 0.2) is 0 Å². The molecule has 88 valence electrons. The van der Waals surface area contributed by atoms with Crippen LogP contribution in [-0.4, -0.2) is 32.8 Å². The Balaban J connectivity index is 2.05. The van der Waals surface area contributed by atoms with Gasteiger partial charge in [-0.3, -0.25) is 0 Å². The zero-order valence-electron chi connectivity index (χ0n) is 10.1. The molecule has 1 aromatic carbocycles. The van der Waals surface area contributed by atoms with E-state index in [1.807, 2.05) is 12.1 Å². The molecule has 0 radical (unpaired) electrons. The summed E-state index contributed by atoms with van der Waals surface area (Å²) in [6.07, 6.45) is 1.29. The number of likely N-dealkylation sites (N-methyl/N-ethyl adjacent to an activating group) is 1. The molecule has 1 aromatic rings. The molecule has 0 aromatic heterocycles. The first-order chi connectivity index (χ1) is 7.83. The third kappa shape index (κ3) is 2.47. The van der Waals surface area contributed by atoms with Gasteiger partial charge < -0.3 is 15.0 Å². The Morgan fingerprint density at radius 2 is 2.31 bits per heavy atom. The molecular weight excluding hydrogens is 200 g/mol. The van der Waals surface area contributed by atoms with E-state index < -0.39 is 0 Å². The van der Waals surface area contributed by atoms with Crippen molar-refractivity contribution in [1.29, 1.82) is 0 Å². The Hall–Kier alpha value is -1.22. The van der Waals surface area contributed by atoms with Crippen LogP contribution in [0.4, 0.5) is 5.69 Å². The zero-order chi connectivity index (χ0) is 11.4. The molecular formula is C13H20N2O. The highest BCUT2D eigenvalue weighted by Crippen LogP contribution is 2.21. The molecule has 1 unspecified atom stereocenters. The minimum absolute atomic E-state index is 0.658. The van der Waals surface area contributed by atoms with E-state index >= 15 is 0 Å². The summed E-state index contributed by atoms with van der Waals surface area (Å²) in [7, 11) is 1.71. The molecule has 3 heteroatoms. The van der Waals surface area contributed by atoms with E-state index in [1.165, 1.54) is 18.7 Å². The number of nitrogens with one attached hydrogen (secondary N) is 1. The van der Waals surface area contributed by atoms with Gasteiger partial charge in [-0.05, 0) is 32.0 Å². The number of nitrogens with zero attached hydrogens (tertiary/aromatic N) is 1. The second kappa shape index (κ2) is 5.21. The van der Waals surface area contributed by atoms with Gasteiger partial charge in [0.1, 0.15) is 5.75 Å². The molecule has 0 aliphatic carbocycles. The smallest absolute Gasteiger partial charge is 0.120 e. The highest BCUT2D eigenvalue weighted by Gasteiger charge is 2.19. The molecule has 0 saturated carbocycles. The molecule has 0 spiro atoms. The van der Waals surface area contributed by atoms with E-state index in [0.29, 0.717) is 6.04 Å². The minimum atomic E-state index is 0.658. The van der Waals surface area contributed by atoms with Crippen LogP contribution in [0.5, 0.6) is 5.75 Å². The molecule has 1 aliphatic heterocycles. The molecule has 1 aliphatic rings. The van der Waals surface area contributed by atoms with Gasteiger partial charge in [-0.15, -0.1) is 0 Å². The Morgan fingerprint density at radius 1 is 1.50 bits per heavy atom. The van der Waals surface area contributed by atoms with Crippen molar-refractivity contribution < 1.29 is 4.74 Å². The van der Waals surface area contributed by atoms with E-state index in [9.17, 15) is 0 Å². The Bertz CT molecular complexity index is 336. The normalized spacial score (nSPS) is 19.0. The molecule has 2 rings (SSSR count). The summed E-state index contributed by atoms with van der Waals surface area (Å²) < 4.78 is 5.25. The lowest BCUT2D eigenvalue weighted by Crippen LogP contribution is -2.50. The summed E-state index contributed by atoms with van der Waals surface area (Å²) in [4.78, 5) is 2.39. The molecule has 1 heterocycles. The third-order valence-corrected chi connectivity index (χ3v) is 3.17. The summed E-state index contributed by atoms with van der Waals surface area (Å²) in [6.45, 7) is 5.48. The van der Waals surface area contributed by atoms with E-state index in [4.69, 9.17) is 4.74 Å². The number of rotatable bonds is 5. The van der Waals surface area contributed by atoms with E-state index in [1.54, 1.807) is 7.11 Å². The van der Waals surface area contributed by atoms with Crippen molar-refractivity contribution >= 4 is 5.69 Å². The summed E-state index contributed by atoms with van der Waals surface area (Å²) in [6, 6.07) is 8.93. The molecule has 0 amide bonds. The maximum absolute atomic E-state index is 5.25. The Kier molecular flexibility index (Phi) is 3.67. The Labute approximate surface area is 97.4 Å². The van der Waals surface area contributed by atoms with Crippen molar-refractivity contribution in [2.75, 3.05) is 31.6 Å². The van der Waals surface area contributed by atoms with Crippen LogP contribution in [0.2, 0.25) is 0 Å².